The van der Waals surface area contributed by atoms with Gasteiger partial charge in [-0.15, -0.1) is 0 Å². The van der Waals surface area contributed by atoms with Crippen LogP contribution < -0.4 is 5.32 Å². The minimum atomic E-state index is -1.05. The van der Waals surface area contributed by atoms with Crippen molar-refractivity contribution in [3.05, 3.63) is 23.2 Å². The molecule has 0 amide bonds. The summed E-state index contributed by atoms with van der Waals surface area (Å²) >= 11 is 0. The highest BCUT2D eigenvalue weighted by Gasteiger charge is 2.24. The van der Waals surface area contributed by atoms with Crippen molar-refractivity contribution in [3.63, 3.8) is 0 Å². The lowest BCUT2D eigenvalue weighted by atomic mass is 9.85. The van der Waals surface area contributed by atoms with Gasteiger partial charge < -0.3 is 19.9 Å². The van der Waals surface area contributed by atoms with Crippen LogP contribution in [0.5, 0.6) is 0 Å². The van der Waals surface area contributed by atoms with Crippen LogP contribution in [0.25, 0.3) is 0 Å². The lowest BCUT2D eigenvalue weighted by molar-refractivity contribution is 0.0658. The largest absolute Gasteiger partial charge is 0.475 e. The molecule has 1 unspecified atom stereocenters. The standard InChI is InChI=1S/C14H23NO4/c1-9-7-10(19-12(9)13(17)18)8-15-11(5-6-16)14(2,3)4/h7,11,15-16H,5-6,8H2,1-4H3,(H,17,18). The smallest absolute Gasteiger partial charge is 0.372 e. The Morgan fingerprint density at radius 1 is 1.47 bits per heavy atom. The van der Waals surface area contributed by atoms with E-state index in [0.717, 1.165) is 0 Å². The molecule has 0 fully saturated rings. The first-order chi connectivity index (χ1) is 8.75. The number of nitrogens with one attached hydrogen (secondary N) is 1. The Morgan fingerprint density at radius 3 is 2.53 bits per heavy atom. The van der Waals surface area contributed by atoms with Gasteiger partial charge in [0.1, 0.15) is 5.76 Å². The predicted molar refractivity (Wildman–Crippen MR) is 72.2 cm³/mol. The Bertz CT molecular complexity index is 431. The molecule has 0 saturated carbocycles. The molecular weight excluding hydrogens is 246 g/mol. The van der Waals surface area contributed by atoms with Crippen LogP contribution in [0.2, 0.25) is 0 Å². The molecule has 19 heavy (non-hydrogen) atoms. The van der Waals surface area contributed by atoms with Crippen molar-refractivity contribution in [2.45, 2.75) is 46.7 Å². The quantitative estimate of drug-likeness (QED) is 0.737. The van der Waals surface area contributed by atoms with Crippen LogP contribution in [0, 0.1) is 12.3 Å². The second-order valence-electron chi connectivity index (χ2n) is 5.84. The third kappa shape index (κ3) is 4.36. The van der Waals surface area contributed by atoms with Crippen molar-refractivity contribution in [3.8, 4) is 0 Å². The van der Waals surface area contributed by atoms with Crippen LogP contribution in [0.15, 0.2) is 10.5 Å². The molecule has 3 N–H and O–H groups in total. The molecule has 1 aromatic rings. The van der Waals surface area contributed by atoms with Gasteiger partial charge >= 0.3 is 5.97 Å². The van der Waals surface area contributed by atoms with Gasteiger partial charge in [-0.1, -0.05) is 20.8 Å². The first-order valence-electron chi connectivity index (χ1n) is 6.42. The fraction of sp³-hybridized carbons (Fsp3) is 0.643. The number of aliphatic hydroxyl groups excluding tert-OH is 1. The third-order valence-corrected chi connectivity index (χ3v) is 3.15. The monoisotopic (exact) mass is 269 g/mol. The molecule has 1 atom stereocenters. The summed E-state index contributed by atoms with van der Waals surface area (Å²) in [6.07, 6.45) is 0.648. The van der Waals surface area contributed by atoms with Crippen molar-refractivity contribution in [1.29, 1.82) is 0 Å². The Balaban J connectivity index is 2.69. The van der Waals surface area contributed by atoms with Crippen molar-refractivity contribution in [2.75, 3.05) is 6.61 Å². The van der Waals surface area contributed by atoms with Gasteiger partial charge in [0.15, 0.2) is 0 Å². The number of aromatic carboxylic acids is 1. The summed E-state index contributed by atoms with van der Waals surface area (Å²) in [5.41, 5.74) is 0.638. The summed E-state index contributed by atoms with van der Waals surface area (Å²) in [6.45, 7) is 8.57. The molecule has 0 aliphatic heterocycles. The minimum absolute atomic E-state index is 0.00809. The van der Waals surface area contributed by atoms with Gasteiger partial charge in [-0.25, -0.2) is 4.79 Å². The summed E-state index contributed by atoms with van der Waals surface area (Å²) in [5, 5.41) is 21.3. The van der Waals surface area contributed by atoms with Crippen LogP contribution in [0.4, 0.5) is 0 Å². The van der Waals surface area contributed by atoms with E-state index in [0.29, 0.717) is 24.3 Å². The van der Waals surface area contributed by atoms with Crippen LogP contribution in [0.3, 0.4) is 0 Å². The second-order valence-corrected chi connectivity index (χ2v) is 5.84. The first-order valence-corrected chi connectivity index (χ1v) is 6.42. The van der Waals surface area contributed by atoms with E-state index < -0.39 is 5.97 Å². The molecule has 0 radical (unpaired) electrons. The molecule has 5 nitrogen and oxygen atoms in total. The Labute approximate surface area is 113 Å². The molecule has 0 bridgehead atoms. The molecule has 1 rings (SSSR count). The van der Waals surface area contributed by atoms with Gasteiger partial charge in [-0.2, -0.15) is 0 Å². The SMILES string of the molecule is Cc1cc(CNC(CCO)C(C)(C)C)oc1C(=O)O. The van der Waals surface area contributed by atoms with Crippen LogP contribution in [-0.4, -0.2) is 28.8 Å². The number of aryl methyl sites for hydroxylation is 1. The van der Waals surface area contributed by atoms with E-state index in [1.807, 2.05) is 0 Å². The fourth-order valence-corrected chi connectivity index (χ4v) is 2.04. The highest BCUT2D eigenvalue weighted by atomic mass is 16.4. The molecule has 1 heterocycles. The van der Waals surface area contributed by atoms with Gasteiger partial charge in [-0.05, 0) is 24.8 Å². The van der Waals surface area contributed by atoms with E-state index in [1.165, 1.54) is 0 Å². The molecule has 5 heteroatoms. The number of rotatable bonds is 6. The number of carboxylic acids is 1. The van der Waals surface area contributed by atoms with E-state index in [4.69, 9.17) is 14.6 Å². The number of aliphatic hydroxyl groups is 1. The number of carbonyl (C=O) groups is 1. The van der Waals surface area contributed by atoms with Crippen LogP contribution in [-0.2, 0) is 6.54 Å². The van der Waals surface area contributed by atoms with E-state index in [2.05, 4.69) is 26.1 Å². The lowest BCUT2D eigenvalue weighted by Gasteiger charge is -2.31. The summed E-state index contributed by atoms with van der Waals surface area (Å²) in [5.74, 6) is -0.458. The third-order valence-electron chi connectivity index (χ3n) is 3.15. The molecule has 108 valence electrons. The Kier molecular flexibility index (Phi) is 5.14. The van der Waals surface area contributed by atoms with E-state index in [1.54, 1.807) is 13.0 Å². The zero-order chi connectivity index (χ0) is 14.6. The summed E-state index contributed by atoms with van der Waals surface area (Å²) in [6, 6.07) is 1.87. The Morgan fingerprint density at radius 2 is 2.11 bits per heavy atom. The average molecular weight is 269 g/mol. The predicted octanol–water partition coefficient (Wildman–Crippen LogP) is 2.17. The zero-order valence-corrected chi connectivity index (χ0v) is 12.0. The van der Waals surface area contributed by atoms with Gasteiger partial charge in [0.2, 0.25) is 5.76 Å². The van der Waals surface area contributed by atoms with Gasteiger partial charge in [0.25, 0.3) is 0 Å². The van der Waals surface area contributed by atoms with E-state index >= 15 is 0 Å². The van der Waals surface area contributed by atoms with Crippen molar-refractivity contribution >= 4 is 5.97 Å². The minimum Gasteiger partial charge on any atom is -0.475 e. The number of hydrogen-bond donors (Lipinski definition) is 3. The maximum atomic E-state index is 10.9. The maximum Gasteiger partial charge on any atom is 0.372 e. The molecule has 0 aromatic carbocycles. The topological polar surface area (TPSA) is 82.7 Å². The summed E-state index contributed by atoms with van der Waals surface area (Å²) < 4.78 is 5.29. The van der Waals surface area contributed by atoms with E-state index in [9.17, 15) is 4.79 Å². The van der Waals surface area contributed by atoms with E-state index in [-0.39, 0.29) is 23.8 Å². The first kappa shape index (κ1) is 15.7. The van der Waals surface area contributed by atoms with Gasteiger partial charge in [0, 0.05) is 18.2 Å². The van der Waals surface area contributed by atoms with Gasteiger partial charge in [0.05, 0.1) is 6.54 Å². The van der Waals surface area contributed by atoms with Crippen LogP contribution in [0.1, 0.15) is 49.1 Å². The number of hydrogen-bond acceptors (Lipinski definition) is 4. The number of carboxylic acid groups (broad SMARTS) is 1. The van der Waals surface area contributed by atoms with Crippen molar-refractivity contribution in [1.82, 2.24) is 5.32 Å². The Hall–Kier alpha value is -1.33. The molecule has 0 saturated heterocycles. The summed E-state index contributed by atoms with van der Waals surface area (Å²) in [4.78, 5) is 10.9. The van der Waals surface area contributed by atoms with Gasteiger partial charge in [-0.3, -0.25) is 0 Å². The molecular formula is C14H23NO4. The highest BCUT2D eigenvalue weighted by molar-refractivity contribution is 5.86. The fourth-order valence-electron chi connectivity index (χ4n) is 2.04. The summed E-state index contributed by atoms with van der Waals surface area (Å²) in [7, 11) is 0. The maximum absolute atomic E-state index is 10.9. The molecule has 1 aromatic heterocycles. The number of furan rings is 1. The lowest BCUT2D eigenvalue weighted by Crippen LogP contribution is -2.40. The van der Waals surface area contributed by atoms with Crippen molar-refractivity contribution in [2.24, 2.45) is 5.41 Å². The molecule has 0 aliphatic carbocycles. The zero-order valence-electron chi connectivity index (χ0n) is 12.0. The average Bonchev–Trinajstić information content (AvgIpc) is 2.64. The molecule has 0 spiro atoms. The molecule has 0 aliphatic rings. The van der Waals surface area contributed by atoms with Crippen molar-refractivity contribution < 1.29 is 19.4 Å². The highest BCUT2D eigenvalue weighted by Crippen LogP contribution is 2.22. The normalized spacial score (nSPS) is 13.5. The second kappa shape index (κ2) is 6.21. The van der Waals surface area contributed by atoms with Crippen LogP contribution >= 0.6 is 0 Å².